The fourth-order valence-corrected chi connectivity index (χ4v) is 3.72. The van der Waals surface area contributed by atoms with Crippen LogP contribution in [0.1, 0.15) is 26.5 Å². The molecule has 8 heteroatoms. The van der Waals surface area contributed by atoms with E-state index in [4.69, 9.17) is 14.5 Å². The van der Waals surface area contributed by atoms with E-state index >= 15 is 0 Å². The lowest BCUT2D eigenvalue weighted by Gasteiger charge is -2.37. The quantitative estimate of drug-likeness (QED) is 0.472. The van der Waals surface area contributed by atoms with E-state index in [1.54, 1.807) is 7.11 Å². The number of nitrogens with zero attached hydrogens (tertiary/aromatic N) is 4. The highest BCUT2D eigenvalue weighted by Gasteiger charge is 2.23. The third-order valence-electron chi connectivity index (χ3n) is 5.49. The van der Waals surface area contributed by atoms with Crippen molar-refractivity contribution in [2.24, 2.45) is 10.9 Å². The number of morpholine rings is 1. The molecule has 2 N–H and O–H groups in total. The first-order valence-corrected chi connectivity index (χ1v) is 11.1. The molecular formula is C23H36N6O2. The van der Waals surface area contributed by atoms with Crippen molar-refractivity contribution in [2.75, 3.05) is 46.5 Å². The molecule has 0 bridgehead atoms. The fraction of sp³-hybridized carbons (Fsp3) is 0.565. The van der Waals surface area contributed by atoms with Crippen molar-refractivity contribution < 1.29 is 9.47 Å². The number of benzene rings is 1. The number of guanidine groups is 1. The van der Waals surface area contributed by atoms with Gasteiger partial charge in [0.05, 0.1) is 38.2 Å². The molecule has 1 aliphatic heterocycles. The molecule has 1 aliphatic rings. The topological polar surface area (TPSA) is 75.9 Å². The summed E-state index contributed by atoms with van der Waals surface area (Å²) in [6.45, 7) is 12.4. The van der Waals surface area contributed by atoms with Crippen molar-refractivity contribution in [3.05, 3.63) is 42.2 Å². The summed E-state index contributed by atoms with van der Waals surface area (Å²) in [6.07, 6.45) is 1.96. The minimum Gasteiger partial charge on any atom is -0.497 e. The van der Waals surface area contributed by atoms with Crippen molar-refractivity contribution >= 4 is 5.96 Å². The van der Waals surface area contributed by atoms with Gasteiger partial charge in [0.15, 0.2) is 5.96 Å². The lowest BCUT2D eigenvalue weighted by molar-refractivity contribution is 0.00752. The minimum absolute atomic E-state index is 0.446. The van der Waals surface area contributed by atoms with E-state index < -0.39 is 0 Å². The van der Waals surface area contributed by atoms with Crippen LogP contribution >= 0.6 is 0 Å². The molecule has 1 unspecified atom stereocenters. The highest BCUT2D eigenvalue weighted by molar-refractivity contribution is 5.79. The van der Waals surface area contributed by atoms with Gasteiger partial charge in [-0.05, 0) is 43.2 Å². The number of nitrogens with one attached hydrogen (secondary N) is 2. The smallest absolute Gasteiger partial charge is 0.191 e. The van der Waals surface area contributed by atoms with Crippen LogP contribution in [0.4, 0.5) is 0 Å². The molecule has 3 rings (SSSR count). The van der Waals surface area contributed by atoms with Crippen LogP contribution in [-0.2, 0) is 11.3 Å². The Kier molecular flexibility index (Phi) is 8.73. The Morgan fingerprint density at radius 3 is 2.55 bits per heavy atom. The zero-order valence-electron chi connectivity index (χ0n) is 19.2. The van der Waals surface area contributed by atoms with Crippen molar-refractivity contribution in [2.45, 2.75) is 33.4 Å². The normalized spacial score (nSPS) is 16.4. The van der Waals surface area contributed by atoms with Gasteiger partial charge in [0.1, 0.15) is 5.75 Å². The van der Waals surface area contributed by atoms with E-state index in [1.165, 1.54) is 0 Å². The summed E-state index contributed by atoms with van der Waals surface area (Å²) < 4.78 is 12.6. The van der Waals surface area contributed by atoms with Gasteiger partial charge in [0, 0.05) is 38.4 Å². The second-order valence-corrected chi connectivity index (χ2v) is 7.99. The van der Waals surface area contributed by atoms with Crippen LogP contribution in [-0.4, -0.2) is 73.2 Å². The fourth-order valence-electron chi connectivity index (χ4n) is 3.72. The van der Waals surface area contributed by atoms with E-state index in [-0.39, 0.29) is 0 Å². The van der Waals surface area contributed by atoms with Gasteiger partial charge in [0.2, 0.25) is 0 Å². The minimum atomic E-state index is 0.446. The van der Waals surface area contributed by atoms with Crippen LogP contribution in [0, 0.1) is 5.92 Å². The molecule has 1 fully saturated rings. The molecule has 1 atom stereocenters. The van der Waals surface area contributed by atoms with Crippen LogP contribution in [0.15, 0.2) is 41.5 Å². The summed E-state index contributed by atoms with van der Waals surface area (Å²) in [5.74, 6) is 2.20. The first kappa shape index (κ1) is 23.1. The Labute approximate surface area is 185 Å². The van der Waals surface area contributed by atoms with E-state index in [0.717, 1.165) is 62.5 Å². The van der Waals surface area contributed by atoms with Gasteiger partial charge in [-0.25, -0.2) is 9.67 Å². The summed E-state index contributed by atoms with van der Waals surface area (Å²) in [5.41, 5.74) is 1.91. The SMILES string of the molecule is CCNC(=NCc1ccn(-c2ccc(OC)cc2)n1)NCC(C(C)C)N1CCOCC1. The van der Waals surface area contributed by atoms with Crippen LogP contribution < -0.4 is 15.4 Å². The van der Waals surface area contributed by atoms with Gasteiger partial charge in [-0.15, -0.1) is 0 Å². The molecule has 1 aromatic carbocycles. The highest BCUT2D eigenvalue weighted by atomic mass is 16.5. The van der Waals surface area contributed by atoms with Gasteiger partial charge in [-0.3, -0.25) is 4.90 Å². The Hall–Kier alpha value is -2.58. The van der Waals surface area contributed by atoms with Crippen LogP contribution in [0.5, 0.6) is 5.75 Å². The largest absolute Gasteiger partial charge is 0.497 e. The maximum absolute atomic E-state index is 5.51. The van der Waals surface area contributed by atoms with Crippen LogP contribution in [0.2, 0.25) is 0 Å². The maximum atomic E-state index is 5.51. The molecule has 2 aromatic rings. The predicted molar refractivity (Wildman–Crippen MR) is 124 cm³/mol. The molecule has 1 saturated heterocycles. The number of hydrogen-bond donors (Lipinski definition) is 2. The lowest BCUT2D eigenvalue weighted by Crippen LogP contribution is -2.52. The molecule has 0 radical (unpaired) electrons. The molecular weight excluding hydrogens is 392 g/mol. The van der Waals surface area contributed by atoms with E-state index in [0.29, 0.717) is 18.5 Å². The Bertz CT molecular complexity index is 812. The molecule has 1 aromatic heterocycles. The maximum Gasteiger partial charge on any atom is 0.191 e. The molecule has 0 saturated carbocycles. The average molecular weight is 429 g/mol. The van der Waals surface area contributed by atoms with E-state index in [2.05, 4.69) is 41.4 Å². The molecule has 31 heavy (non-hydrogen) atoms. The van der Waals surface area contributed by atoms with Gasteiger partial charge < -0.3 is 20.1 Å². The van der Waals surface area contributed by atoms with Gasteiger partial charge in [0.25, 0.3) is 0 Å². The first-order chi connectivity index (χ1) is 15.1. The number of methoxy groups -OCH3 is 1. The number of rotatable bonds is 9. The van der Waals surface area contributed by atoms with Crippen molar-refractivity contribution in [1.82, 2.24) is 25.3 Å². The summed E-state index contributed by atoms with van der Waals surface area (Å²) >= 11 is 0. The van der Waals surface area contributed by atoms with Crippen molar-refractivity contribution in [1.29, 1.82) is 0 Å². The predicted octanol–water partition coefficient (Wildman–Crippen LogP) is 2.29. The lowest BCUT2D eigenvalue weighted by atomic mass is 10.0. The summed E-state index contributed by atoms with van der Waals surface area (Å²) in [4.78, 5) is 7.27. The Morgan fingerprint density at radius 2 is 1.90 bits per heavy atom. The Balaban J connectivity index is 1.60. The third kappa shape index (κ3) is 6.70. The number of aromatic nitrogens is 2. The average Bonchev–Trinajstić information content (AvgIpc) is 3.27. The van der Waals surface area contributed by atoms with E-state index in [9.17, 15) is 0 Å². The number of hydrogen-bond acceptors (Lipinski definition) is 5. The number of ether oxygens (including phenoxy) is 2. The molecule has 0 spiro atoms. The second-order valence-electron chi connectivity index (χ2n) is 7.99. The van der Waals surface area contributed by atoms with Crippen LogP contribution in [0.3, 0.4) is 0 Å². The summed E-state index contributed by atoms with van der Waals surface area (Å²) in [6, 6.07) is 10.3. The summed E-state index contributed by atoms with van der Waals surface area (Å²) in [7, 11) is 1.67. The van der Waals surface area contributed by atoms with Crippen molar-refractivity contribution in [3.63, 3.8) is 0 Å². The van der Waals surface area contributed by atoms with E-state index in [1.807, 2.05) is 41.2 Å². The molecule has 170 valence electrons. The molecule has 0 amide bonds. The first-order valence-electron chi connectivity index (χ1n) is 11.1. The molecule has 2 heterocycles. The van der Waals surface area contributed by atoms with Gasteiger partial charge in [-0.2, -0.15) is 5.10 Å². The number of aliphatic imine (C=N–C) groups is 1. The standard InChI is InChI=1S/C23H36N6O2/c1-5-24-23(26-17-22(18(2)3)28-12-14-31-15-13-28)25-16-19-10-11-29(27-19)20-6-8-21(30-4)9-7-20/h6-11,18,22H,5,12-17H2,1-4H3,(H2,24,25,26). The third-order valence-corrected chi connectivity index (χ3v) is 5.49. The van der Waals surface area contributed by atoms with Gasteiger partial charge in [-0.1, -0.05) is 13.8 Å². The van der Waals surface area contributed by atoms with Crippen molar-refractivity contribution in [3.8, 4) is 11.4 Å². The monoisotopic (exact) mass is 428 g/mol. The Morgan fingerprint density at radius 1 is 1.16 bits per heavy atom. The zero-order valence-corrected chi connectivity index (χ0v) is 19.2. The zero-order chi connectivity index (χ0) is 22.1. The molecule has 0 aliphatic carbocycles. The van der Waals surface area contributed by atoms with Gasteiger partial charge >= 0.3 is 0 Å². The second kappa shape index (κ2) is 11.7. The highest BCUT2D eigenvalue weighted by Crippen LogP contribution is 2.15. The molecule has 8 nitrogen and oxygen atoms in total. The van der Waals surface area contributed by atoms with Crippen LogP contribution in [0.25, 0.3) is 5.69 Å². The summed E-state index contributed by atoms with van der Waals surface area (Å²) in [5, 5.41) is 11.5.